The first-order valence-electron chi connectivity index (χ1n) is 8.07. The van der Waals surface area contributed by atoms with Gasteiger partial charge in [-0.3, -0.25) is 9.52 Å². The van der Waals surface area contributed by atoms with Gasteiger partial charge in [0.1, 0.15) is 0 Å². The molecule has 0 aliphatic carbocycles. The van der Waals surface area contributed by atoms with Crippen LogP contribution in [0.2, 0.25) is 0 Å². The molecule has 0 aromatic heterocycles. The molecule has 0 heterocycles. The molecule has 0 radical (unpaired) electrons. The maximum absolute atomic E-state index is 12.5. The quantitative estimate of drug-likeness (QED) is 0.740. The Labute approximate surface area is 144 Å². The van der Waals surface area contributed by atoms with Crippen molar-refractivity contribution in [3.8, 4) is 0 Å². The average molecular weight is 345 g/mol. The van der Waals surface area contributed by atoms with E-state index in [4.69, 9.17) is 0 Å². The van der Waals surface area contributed by atoms with Gasteiger partial charge in [0.2, 0.25) is 10.0 Å². The van der Waals surface area contributed by atoms with E-state index in [2.05, 4.69) is 23.8 Å². The van der Waals surface area contributed by atoms with Crippen LogP contribution in [0.1, 0.15) is 41.3 Å². The molecule has 2 aromatic carbocycles. The van der Waals surface area contributed by atoms with Crippen LogP contribution in [0.4, 0.5) is 5.69 Å². The highest BCUT2D eigenvalue weighted by molar-refractivity contribution is 7.92. The van der Waals surface area contributed by atoms with Gasteiger partial charge in [0.05, 0.1) is 11.9 Å². The summed E-state index contributed by atoms with van der Waals surface area (Å²) in [5, 5.41) is 0. The lowest BCUT2D eigenvalue weighted by molar-refractivity contribution is 0.0994. The number of carbonyl (C=O) groups excluding carboxylic acids is 1. The second-order valence-corrected chi connectivity index (χ2v) is 7.69. The van der Waals surface area contributed by atoms with Gasteiger partial charge in [-0.25, -0.2) is 8.42 Å². The van der Waals surface area contributed by atoms with Crippen LogP contribution in [-0.2, 0) is 22.9 Å². The van der Waals surface area contributed by atoms with E-state index in [0.29, 0.717) is 11.3 Å². The molecule has 1 N–H and O–H groups in total. The van der Waals surface area contributed by atoms with Crippen molar-refractivity contribution < 1.29 is 13.2 Å². The Hall–Kier alpha value is -2.14. The molecular formula is C19H23NO3S. The Morgan fingerprint density at radius 3 is 2.25 bits per heavy atom. The standard InChI is InChI=1S/C19H23NO3S/c1-3-4-7-15-10-12-16(13-11-15)14-19(21)17-8-5-6-9-18(17)20-24(2,22)23/h5-6,8-13,20H,3-4,7,14H2,1-2H3. The number of nitrogens with one attached hydrogen (secondary N) is 1. The topological polar surface area (TPSA) is 63.2 Å². The zero-order valence-corrected chi connectivity index (χ0v) is 14.9. The van der Waals surface area contributed by atoms with Crippen molar-refractivity contribution in [3.63, 3.8) is 0 Å². The van der Waals surface area contributed by atoms with Gasteiger partial charge < -0.3 is 0 Å². The first-order valence-corrected chi connectivity index (χ1v) is 9.96. The Kier molecular flexibility index (Phi) is 6.15. The van der Waals surface area contributed by atoms with E-state index in [1.807, 2.05) is 12.1 Å². The third-order valence-electron chi connectivity index (χ3n) is 3.73. The summed E-state index contributed by atoms with van der Waals surface area (Å²) in [5.41, 5.74) is 2.91. The molecule has 4 nitrogen and oxygen atoms in total. The summed E-state index contributed by atoms with van der Waals surface area (Å²) in [6, 6.07) is 14.7. The molecule has 2 rings (SSSR count). The predicted octanol–water partition coefficient (Wildman–Crippen LogP) is 3.83. The van der Waals surface area contributed by atoms with Crippen molar-refractivity contribution in [1.29, 1.82) is 0 Å². The minimum Gasteiger partial charge on any atom is -0.294 e. The van der Waals surface area contributed by atoms with Crippen LogP contribution in [0.25, 0.3) is 0 Å². The van der Waals surface area contributed by atoms with Crippen LogP contribution in [0.5, 0.6) is 0 Å². The SMILES string of the molecule is CCCCc1ccc(CC(=O)c2ccccc2NS(C)(=O)=O)cc1. The highest BCUT2D eigenvalue weighted by atomic mass is 32.2. The van der Waals surface area contributed by atoms with Crippen LogP contribution >= 0.6 is 0 Å². The summed E-state index contributed by atoms with van der Waals surface area (Å²) >= 11 is 0. The number of unbranched alkanes of at least 4 members (excludes halogenated alkanes) is 1. The van der Waals surface area contributed by atoms with E-state index in [-0.39, 0.29) is 12.2 Å². The summed E-state index contributed by atoms with van der Waals surface area (Å²) in [7, 11) is -3.42. The fourth-order valence-corrected chi connectivity index (χ4v) is 3.08. The molecule has 0 aliphatic rings. The number of sulfonamides is 1. The molecule has 24 heavy (non-hydrogen) atoms. The van der Waals surface area contributed by atoms with Crippen molar-refractivity contribution >= 4 is 21.5 Å². The molecule has 0 saturated carbocycles. The number of benzene rings is 2. The Morgan fingerprint density at radius 1 is 1.00 bits per heavy atom. The van der Waals surface area contributed by atoms with E-state index < -0.39 is 10.0 Å². The Bertz CT molecular complexity index is 796. The van der Waals surface area contributed by atoms with Crippen molar-refractivity contribution in [2.75, 3.05) is 11.0 Å². The van der Waals surface area contributed by atoms with Gasteiger partial charge in [0, 0.05) is 12.0 Å². The Balaban J connectivity index is 2.12. The number of hydrogen-bond acceptors (Lipinski definition) is 3. The number of rotatable bonds is 8. The summed E-state index contributed by atoms with van der Waals surface area (Å²) in [4.78, 5) is 12.5. The maximum Gasteiger partial charge on any atom is 0.229 e. The largest absolute Gasteiger partial charge is 0.294 e. The van der Waals surface area contributed by atoms with Crippen molar-refractivity contribution in [3.05, 3.63) is 65.2 Å². The third kappa shape index (κ3) is 5.49. The minimum absolute atomic E-state index is 0.108. The molecule has 0 saturated heterocycles. The van der Waals surface area contributed by atoms with Gasteiger partial charge in [-0.15, -0.1) is 0 Å². The molecule has 0 bridgehead atoms. The molecule has 128 valence electrons. The number of para-hydroxylation sites is 1. The first-order chi connectivity index (χ1) is 11.4. The van der Waals surface area contributed by atoms with Gasteiger partial charge in [0.15, 0.2) is 5.78 Å². The molecule has 0 amide bonds. The third-order valence-corrected chi connectivity index (χ3v) is 4.32. The molecule has 0 unspecified atom stereocenters. The number of ketones is 1. The first kappa shape index (κ1) is 18.2. The molecule has 0 spiro atoms. The van der Waals surface area contributed by atoms with Crippen LogP contribution in [0, 0.1) is 0 Å². The van der Waals surface area contributed by atoms with Gasteiger partial charge in [-0.2, -0.15) is 0 Å². The summed E-state index contributed by atoms with van der Waals surface area (Å²) < 4.78 is 25.3. The van der Waals surface area contributed by atoms with E-state index >= 15 is 0 Å². The molecule has 0 aliphatic heterocycles. The van der Waals surface area contributed by atoms with Crippen molar-refractivity contribution in [2.45, 2.75) is 32.6 Å². The average Bonchev–Trinajstić information content (AvgIpc) is 2.53. The van der Waals surface area contributed by atoms with Crippen LogP contribution in [0.15, 0.2) is 48.5 Å². The fourth-order valence-electron chi connectivity index (χ4n) is 2.50. The fraction of sp³-hybridized carbons (Fsp3) is 0.316. The molecule has 0 atom stereocenters. The van der Waals surface area contributed by atoms with Crippen LogP contribution in [0.3, 0.4) is 0 Å². The Morgan fingerprint density at radius 2 is 1.62 bits per heavy atom. The molecule has 5 heteroatoms. The highest BCUT2D eigenvalue weighted by Gasteiger charge is 2.14. The zero-order valence-electron chi connectivity index (χ0n) is 14.1. The molecule has 0 fully saturated rings. The number of aryl methyl sites for hydroxylation is 1. The van der Waals surface area contributed by atoms with Gasteiger partial charge in [-0.1, -0.05) is 49.7 Å². The minimum atomic E-state index is -3.42. The lowest BCUT2D eigenvalue weighted by atomic mass is 10.00. The highest BCUT2D eigenvalue weighted by Crippen LogP contribution is 2.19. The number of hydrogen-bond donors (Lipinski definition) is 1. The van der Waals surface area contributed by atoms with Crippen LogP contribution < -0.4 is 4.72 Å². The van der Waals surface area contributed by atoms with Crippen molar-refractivity contribution in [1.82, 2.24) is 0 Å². The monoisotopic (exact) mass is 345 g/mol. The second-order valence-electron chi connectivity index (χ2n) is 5.94. The predicted molar refractivity (Wildman–Crippen MR) is 98.0 cm³/mol. The second kappa shape index (κ2) is 8.11. The van der Waals surface area contributed by atoms with Crippen LogP contribution in [-0.4, -0.2) is 20.5 Å². The van der Waals surface area contributed by atoms with Gasteiger partial charge in [-0.05, 0) is 36.1 Å². The van der Waals surface area contributed by atoms with Gasteiger partial charge in [0.25, 0.3) is 0 Å². The normalized spacial score (nSPS) is 11.2. The molecule has 2 aromatic rings. The zero-order chi connectivity index (χ0) is 17.6. The maximum atomic E-state index is 12.5. The number of carbonyl (C=O) groups is 1. The lowest BCUT2D eigenvalue weighted by Crippen LogP contribution is -2.14. The lowest BCUT2D eigenvalue weighted by Gasteiger charge is -2.10. The molecular weight excluding hydrogens is 322 g/mol. The number of anilines is 1. The van der Waals surface area contributed by atoms with Gasteiger partial charge >= 0.3 is 0 Å². The van der Waals surface area contributed by atoms with E-state index in [1.54, 1.807) is 24.3 Å². The van der Waals surface area contributed by atoms with E-state index in [9.17, 15) is 13.2 Å². The van der Waals surface area contributed by atoms with Crippen molar-refractivity contribution in [2.24, 2.45) is 0 Å². The van der Waals surface area contributed by atoms with E-state index in [0.717, 1.165) is 31.1 Å². The number of Topliss-reactive ketones (excluding diaryl/α,β-unsaturated/α-hetero) is 1. The van der Waals surface area contributed by atoms with E-state index in [1.165, 1.54) is 5.56 Å². The smallest absolute Gasteiger partial charge is 0.229 e. The summed E-state index contributed by atoms with van der Waals surface area (Å²) in [6.45, 7) is 2.16. The summed E-state index contributed by atoms with van der Waals surface area (Å²) in [5.74, 6) is -0.108. The summed E-state index contributed by atoms with van der Waals surface area (Å²) in [6.07, 6.45) is 4.68.